The average Bonchev–Trinajstić information content (AvgIpc) is 2.16. The molecule has 3 nitrogen and oxygen atoms in total. The molecule has 0 spiro atoms. The quantitative estimate of drug-likeness (QED) is 0.474. The lowest BCUT2D eigenvalue weighted by molar-refractivity contribution is 0.0696. The molecule has 1 rings (SSSR count). The predicted octanol–water partition coefficient (Wildman–Crippen LogP) is 2.30. The Labute approximate surface area is 91.2 Å². The van der Waals surface area contributed by atoms with E-state index < -0.39 is 5.97 Å². The van der Waals surface area contributed by atoms with E-state index in [4.69, 9.17) is 22.4 Å². The number of carboxylic acids is 1. The van der Waals surface area contributed by atoms with Crippen LogP contribution in [0.2, 0.25) is 0 Å². The number of thioether (sulfide) groups is 1. The van der Waals surface area contributed by atoms with Gasteiger partial charge in [-0.1, -0.05) is 0 Å². The molecule has 0 saturated heterocycles. The van der Waals surface area contributed by atoms with Crippen LogP contribution < -0.4 is 5.73 Å². The van der Waals surface area contributed by atoms with Gasteiger partial charge in [0.05, 0.1) is 5.56 Å². The molecule has 5 heteroatoms. The first kappa shape index (κ1) is 11.2. The SMILES string of the molecule is Nc1ccc(C(=O)O)cc1SCCCl. The van der Waals surface area contributed by atoms with Crippen molar-refractivity contribution < 1.29 is 9.90 Å². The van der Waals surface area contributed by atoms with Gasteiger partial charge in [-0.3, -0.25) is 0 Å². The van der Waals surface area contributed by atoms with Crippen molar-refractivity contribution in [2.24, 2.45) is 0 Å². The number of hydrogen-bond donors (Lipinski definition) is 2. The second kappa shape index (κ2) is 5.12. The summed E-state index contributed by atoms with van der Waals surface area (Å²) in [5.41, 5.74) is 6.51. The molecule has 0 fully saturated rings. The topological polar surface area (TPSA) is 63.3 Å². The van der Waals surface area contributed by atoms with Gasteiger partial charge >= 0.3 is 5.97 Å². The molecule has 14 heavy (non-hydrogen) atoms. The molecular formula is C9H10ClNO2S. The van der Waals surface area contributed by atoms with Crippen molar-refractivity contribution in [3.05, 3.63) is 23.8 Å². The average molecular weight is 232 g/mol. The molecule has 0 aliphatic rings. The molecule has 0 aliphatic heterocycles. The van der Waals surface area contributed by atoms with Crippen molar-refractivity contribution >= 4 is 35.0 Å². The zero-order valence-corrected chi connectivity index (χ0v) is 8.94. The minimum absolute atomic E-state index is 0.247. The Morgan fingerprint density at radius 1 is 1.57 bits per heavy atom. The maximum absolute atomic E-state index is 10.7. The maximum Gasteiger partial charge on any atom is 0.335 e. The second-order valence-electron chi connectivity index (χ2n) is 2.60. The number of alkyl halides is 1. The Morgan fingerprint density at radius 3 is 2.86 bits per heavy atom. The van der Waals surface area contributed by atoms with E-state index in [1.807, 2.05) is 0 Å². The van der Waals surface area contributed by atoms with Gasteiger partial charge in [0, 0.05) is 22.2 Å². The molecular weight excluding hydrogens is 222 g/mol. The fourth-order valence-electron chi connectivity index (χ4n) is 0.941. The first-order valence-corrected chi connectivity index (χ1v) is 5.48. The van der Waals surface area contributed by atoms with Crippen molar-refractivity contribution in [1.29, 1.82) is 0 Å². The lowest BCUT2D eigenvalue weighted by atomic mass is 10.2. The third-order valence-electron chi connectivity index (χ3n) is 1.60. The molecule has 3 N–H and O–H groups in total. The van der Waals surface area contributed by atoms with Crippen molar-refractivity contribution in [2.45, 2.75) is 4.90 Å². The van der Waals surface area contributed by atoms with E-state index in [0.29, 0.717) is 11.6 Å². The van der Waals surface area contributed by atoms with E-state index in [1.165, 1.54) is 17.8 Å². The minimum Gasteiger partial charge on any atom is -0.478 e. The minimum atomic E-state index is -0.947. The molecule has 0 aromatic heterocycles. The standard InChI is InChI=1S/C9H10ClNO2S/c10-3-4-14-8-5-6(9(12)13)1-2-7(8)11/h1-2,5H,3-4,11H2,(H,12,13). The number of nitrogen functional groups attached to an aromatic ring is 1. The number of carboxylic acid groups (broad SMARTS) is 1. The summed E-state index contributed by atoms with van der Waals surface area (Å²) in [6.07, 6.45) is 0. The number of benzene rings is 1. The fourth-order valence-corrected chi connectivity index (χ4v) is 1.91. The molecule has 76 valence electrons. The summed E-state index contributed by atoms with van der Waals surface area (Å²) in [6.45, 7) is 0. The summed E-state index contributed by atoms with van der Waals surface area (Å²) in [7, 11) is 0. The first-order valence-electron chi connectivity index (χ1n) is 3.96. The summed E-state index contributed by atoms with van der Waals surface area (Å²) in [6, 6.07) is 4.65. The van der Waals surface area contributed by atoms with Gasteiger partial charge in [-0.15, -0.1) is 23.4 Å². The zero-order chi connectivity index (χ0) is 10.6. The lowest BCUT2D eigenvalue weighted by Crippen LogP contribution is -1.98. The highest BCUT2D eigenvalue weighted by Gasteiger charge is 2.06. The van der Waals surface area contributed by atoms with E-state index in [0.717, 1.165) is 10.6 Å². The van der Waals surface area contributed by atoms with Gasteiger partial charge in [-0.25, -0.2) is 4.79 Å². The summed E-state index contributed by atoms with van der Waals surface area (Å²) in [5, 5.41) is 8.75. The summed E-state index contributed by atoms with van der Waals surface area (Å²) in [5.74, 6) is 0.286. The molecule has 0 saturated carbocycles. The number of hydrogen-bond acceptors (Lipinski definition) is 3. The normalized spacial score (nSPS) is 10.1. The van der Waals surface area contributed by atoms with E-state index in [-0.39, 0.29) is 5.56 Å². The van der Waals surface area contributed by atoms with Crippen LogP contribution in [0.5, 0.6) is 0 Å². The number of aromatic carboxylic acids is 1. The van der Waals surface area contributed by atoms with Crippen LogP contribution in [0.15, 0.2) is 23.1 Å². The molecule has 0 radical (unpaired) electrons. The van der Waals surface area contributed by atoms with E-state index >= 15 is 0 Å². The van der Waals surface area contributed by atoms with E-state index in [2.05, 4.69) is 0 Å². The van der Waals surface area contributed by atoms with Gasteiger partial charge in [0.1, 0.15) is 0 Å². The Hall–Kier alpha value is -0.870. The van der Waals surface area contributed by atoms with Gasteiger partial charge in [-0.2, -0.15) is 0 Å². The van der Waals surface area contributed by atoms with Gasteiger partial charge in [0.15, 0.2) is 0 Å². The number of halogens is 1. The lowest BCUT2D eigenvalue weighted by Gasteiger charge is -2.04. The summed E-state index contributed by atoms with van der Waals surface area (Å²) < 4.78 is 0. The molecule has 0 bridgehead atoms. The highest BCUT2D eigenvalue weighted by atomic mass is 35.5. The smallest absolute Gasteiger partial charge is 0.335 e. The van der Waals surface area contributed by atoms with Crippen molar-refractivity contribution in [3.63, 3.8) is 0 Å². The Bertz CT molecular complexity index is 344. The van der Waals surface area contributed by atoms with Crippen LogP contribution >= 0.6 is 23.4 Å². The molecule has 0 heterocycles. The first-order chi connectivity index (χ1) is 6.65. The summed E-state index contributed by atoms with van der Waals surface area (Å²) in [4.78, 5) is 11.4. The highest BCUT2D eigenvalue weighted by molar-refractivity contribution is 7.99. The fraction of sp³-hybridized carbons (Fsp3) is 0.222. The number of carbonyl (C=O) groups is 1. The Balaban J connectivity index is 2.90. The summed E-state index contributed by atoms with van der Waals surface area (Å²) >= 11 is 6.99. The Morgan fingerprint density at radius 2 is 2.29 bits per heavy atom. The van der Waals surface area contributed by atoms with Crippen LogP contribution in [0.25, 0.3) is 0 Å². The van der Waals surface area contributed by atoms with Gasteiger partial charge < -0.3 is 10.8 Å². The van der Waals surface area contributed by atoms with Gasteiger partial charge in [0.25, 0.3) is 0 Å². The molecule has 0 unspecified atom stereocenters. The van der Waals surface area contributed by atoms with Crippen LogP contribution in [0, 0.1) is 0 Å². The molecule has 1 aromatic carbocycles. The van der Waals surface area contributed by atoms with Crippen LogP contribution in [0.3, 0.4) is 0 Å². The molecule has 0 aliphatic carbocycles. The zero-order valence-electron chi connectivity index (χ0n) is 7.37. The predicted molar refractivity (Wildman–Crippen MR) is 59.3 cm³/mol. The van der Waals surface area contributed by atoms with Crippen molar-refractivity contribution in [1.82, 2.24) is 0 Å². The number of anilines is 1. The molecule has 1 aromatic rings. The molecule has 0 amide bonds. The number of rotatable bonds is 4. The monoisotopic (exact) mass is 231 g/mol. The third kappa shape index (κ3) is 2.82. The van der Waals surface area contributed by atoms with Gasteiger partial charge in [0.2, 0.25) is 0 Å². The third-order valence-corrected chi connectivity index (χ3v) is 3.08. The van der Waals surface area contributed by atoms with Gasteiger partial charge in [-0.05, 0) is 18.2 Å². The number of nitrogens with two attached hydrogens (primary N) is 1. The van der Waals surface area contributed by atoms with Crippen LogP contribution in [-0.2, 0) is 0 Å². The Kier molecular flexibility index (Phi) is 4.10. The maximum atomic E-state index is 10.7. The van der Waals surface area contributed by atoms with Crippen LogP contribution in [0.4, 0.5) is 5.69 Å². The van der Waals surface area contributed by atoms with Crippen molar-refractivity contribution in [3.8, 4) is 0 Å². The molecule has 0 atom stereocenters. The largest absolute Gasteiger partial charge is 0.478 e. The van der Waals surface area contributed by atoms with Crippen LogP contribution in [-0.4, -0.2) is 22.7 Å². The highest BCUT2D eigenvalue weighted by Crippen LogP contribution is 2.26. The van der Waals surface area contributed by atoms with E-state index in [1.54, 1.807) is 12.1 Å². The van der Waals surface area contributed by atoms with E-state index in [9.17, 15) is 4.79 Å². The van der Waals surface area contributed by atoms with Crippen LogP contribution in [0.1, 0.15) is 10.4 Å². The van der Waals surface area contributed by atoms with Crippen molar-refractivity contribution in [2.75, 3.05) is 17.4 Å². The second-order valence-corrected chi connectivity index (χ2v) is 4.11.